The molecule has 2 N–H and O–H groups in total. The number of phenolic OH excluding ortho intramolecular Hbond substituents is 1. The zero-order chi connectivity index (χ0) is 20.7. The number of halogens is 1. The van der Waals surface area contributed by atoms with Gasteiger partial charge in [-0.2, -0.15) is 0 Å². The molecule has 4 heterocycles. The highest BCUT2D eigenvalue weighted by Crippen LogP contribution is 2.34. The van der Waals surface area contributed by atoms with Gasteiger partial charge >= 0.3 is 0 Å². The molecular weight excluding hydrogens is 385 g/mol. The van der Waals surface area contributed by atoms with Gasteiger partial charge in [-0.25, -0.2) is 4.39 Å². The number of aromatic nitrogens is 2. The van der Waals surface area contributed by atoms with Gasteiger partial charge in [-0.05, 0) is 50.1 Å². The van der Waals surface area contributed by atoms with Crippen molar-refractivity contribution in [3.63, 3.8) is 0 Å². The van der Waals surface area contributed by atoms with Crippen molar-refractivity contribution >= 4 is 0 Å². The molecule has 2 aromatic heterocycles. The Morgan fingerprint density at radius 3 is 2.77 bits per heavy atom. The molecule has 0 unspecified atom stereocenters. The molecule has 2 fully saturated rings. The molecule has 2 aliphatic rings. The molecule has 3 aromatic rings. The fourth-order valence-corrected chi connectivity index (χ4v) is 4.45. The molecule has 2 saturated heterocycles. The lowest BCUT2D eigenvalue weighted by Gasteiger charge is -2.42. The number of nitrogens with zero attached hydrogens (tertiary/aromatic N) is 2. The van der Waals surface area contributed by atoms with E-state index >= 15 is 0 Å². The first kappa shape index (κ1) is 19.1. The maximum Gasteiger partial charge on any atom is 0.233 e. The summed E-state index contributed by atoms with van der Waals surface area (Å²) in [4.78, 5) is 0. The van der Waals surface area contributed by atoms with Crippen LogP contribution in [0.3, 0.4) is 0 Å². The third-order valence-electron chi connectivity index (χ3n) is 5.98. The summed E-state index contributed by atoms with van der Waals surface area (Å²) in [6.07, 6.45) is 2.03. The second-order valence-electron chi connectivity index (χ2n) is 8.14. The number of nitrogens with one attached hydrogen (secondary N) is 1. The lowest BCUT2D eigenvalue weighted by Crippen LogP contribution is -2.59. The molecule has 0 radical (unpaired) electrons. The molecule has 156 valence electrons. The largest absolute Gasteiger partial charge is 0.507 e. The fraction of sp³-hybridized carbons (Fsp3) is 0.391. The Labute approximate surface area is 174 Å². The summed E-state index contributed by atoms with van der Waals surface area (Å²) < 4.78 is 26.1. The van der Waals surface area contributed by atoms with Crippen molar-refractivity contribution in [2.24, 2.45) is 0 Å². The molecule has 0 aliphatic carbocycles. The Kier molecular flexibility index (Phi) is 4.90. The first-order chi connectivity index (χ1) is 14.6. The molecule has 0 amide bonds. The average molecular weight is 409 g/mol. The van der Waals surface area contributed by atoms with Gasteiger partial charge in [0.05, 0.1) is 5.69 Å². The lowest BCUT2D eigenvalue weighted by molar-refractivity contribution is 0.00652. The van der Waals surface area contributed by atoms with Crippen LogP contribution in [0.15, 0.2) is 46.9 Å². The van der Waals surface area contributed by atoms with Crippen LogP contribution in [0.2, 0.25) is 0 Å². The first-order valence-corrected chi connectivity index (χ1v) is 10.4. The van der Waals surface area contributed by atoms with Crippen LogP contribution < -0.4 is 10.1 Å². The Morgan fingerprint density at radius 1 is 1.13 bits per heavy atom. The smallest absolute Gasteiger partial charge is 0.233 e. The molecule has 4 atom stereocenters. The number of aromatic hydroxyl groups is 1. The molecule has 5 rings (SSSR count). The molecule has 30 heavy (non-hydrogen) atoms. The predicted molar refractivity (Wildman–Crippen MR) is 110 cm³/mol. The van der Waals surface area contributed by atoms with Crippen LogP contribution in [0.4, 0.5) is 4.39 Å². The van der Waals surface area contributed by atoms with E-state index < -0.39 is 12.3 Å². The fourth-order valence-electron chi connectivity index (χ4n) is 4.45. The molecule has 2 bridgehead atoms. The summed E-state index contributed by atoms with van der Waals surface area (Å²) in [6, 6.07) is 12.6. The molecular formula is C23H24FN3O3. The van der Waals surface area contributed by atoms with E-state index in [-0.39, 0.29) is 11.8 Å². The van der Waals surface area contributed by atoms with Gasteiger partial charge in [-0.1, -0.05) is 12.5 Å². The maximum absolute atomic E-state index is 14.7. The molecule has 2 aliphatic heterocycles. The minimum absolute atomic E-state index is 0.0829. The maximum atomic E-state index is 14.7. The number of phenols is 1. The number of alkyl halides is 1. The standard InChI is InChI=1S/C23H24FN3O3/c1-13-5-9-20(29-13)14-6-7-16(19(28)11-14)17-8-10-22(27-26-17)30-21-12-15-3-2-4-18(25-15)23(21)24/h5-11,15,18,21,23,25,28H,2-4,12H2,1H3/t15-,18+,21-,23+/m0/s1. The van der Waals surface area contributed by atoms with Gasteiger partial charge in [0.2, 0.25) is 5.88 Å². The summed E-state index contributed by atoms with van der Waals surface area (Å²) >= 11 is 0. The van der Waals surface area contributed by atoms with Crippen molar-refractivity contribution in [2.45, 2.75) is 57.0 Å². The van der Waals surface area contributed by atoms with E-state index in [0.717, 1.165) is 30.6 Å². The molecule has 7 heteroatoms. The number of aryl methyl sites for hydroxylation is 1. The van der Waals surface area contributed by atoms with Crippen LogP contribution in [-0.4, -0.2) is 39.7 Å². The number of fused-ring (bicyclic) bond motifs is 2. The summed E-state index contributed by atoms with van der Waals surface area (Å²) in [7, 11) is 0. The Morgan fingerprint density at radius 2 is 2.03 bits per heavy atom. The first-order valence-electron chi connectivity index (χ1n) is 10.4. The molecule has 0 saturated carbocycles. The van der Waals surface area contributed by atoms with Crippen LogP contribution in [0.1, 0.15) is 31.4 Å². The number of furan rings is 1. The van der Waals surface area contributed by atoms with Crippen molar-refractivity contribution in [3.05, 3.63) is 48.2 Å². The number of benzene rings is 1. The molecule has 6 nitrogen and oxygen atoms in total. The van der Waals surface area contributed by atoms with Gasteiger partial charge < -0.3 is 19.6 Å². The highest BCUT2D eigenvalue weighted by atomic mass is 19.1. The van der Waals surface area contributed by atoms with Gasteiger partial charge in [0.1, 0.15) is 23.4 Å². The second kappa shape index (κ2) is 7.72. The second-order valence-corrected chi connectivity index (χ2v) is 8.14. The van der Waals surface area contributed by atoms with Crippen molar-refractivity contribution in [1.82, 2.24) is 15.5 Å². The van der Waals surface area contributed by atoms with E-state index in [4.69, 9.17) is 9.15 Å². The van der Waals surface area contributed by atoms with Crippen LogP contribution in [-0.2, 0) is 0 Å². The van der Waals surface area contributed by atoms with E-state index in [2.05, 4.69) is 15.5 Å². The normalized spacial score (nSPS) is 25.8. The van der Waals surface area contributed by atoms with Crippen molar-refractivity contribution in [1.29, 1.82) is 0 Å². The van der Waals surface area contributed by atoms with E-state index in [1.54, 1.807) is 24.3 Å². The van der Waals surface area contributed by atoms with E-state index in [0.29, 0.717) is 35.4 Å². The van der Waals surface area contributed by atoms with Gasteiger partial charge in [-0.15, -0.1) is 10.2 Å². The monoisotopic (exact) mass is 409 g/mol. The minimum Gasteiger partial charge on any atom is -0.507 e. The van der Waals surface area contributed by atoms with Crippen LogP contribution in [0.5, 0.6) is 11.6 Å². The van der Waals surface area contributed by atoms with Crippen LogP contribution in [0.25, 0.3) is 22.6 Å². The third-order valence-corrected chi connectivity index (χ3v) is 5.98. The Balaban J connectivity index is 1.31. The number of hydrogen-bond acceptors (Lipinski definition) is 6. The van der Waals surface area contributed by atoms with Gasteiger partial charge in [0.25, 0.3) is 0 Å². The molecule has 1 aromatic carbocycles. The summed E-state index contributed by atoms with van der Waals surface area (Å²) in [5, 5.41) is 22.1. The van der Waals surface area contributed by atoms with Crippen molar-refractivity contribution < 1.29 is 18.7 Å². The summed E-state index contributed by atoms with van der Waals surface area (Å²) in [6.45, 7) is 1.87. The highest BCUT2D eigenvalue weighted by Gasteiger charge is 2.41. The van der Waals surface area contributed by atoms with Gasteiger partial charge in [0.15, 0.2) is 6.17 Å². The van der Waals surface area contributed by atoms with Crippen molar-refractivity contribution in [3.8, 4) is 34.2 Å². The predicted octanol–water partition coefficient (Wildman–Crippen LogP) is 4.42. The van der Waals surface area contributed by atoms with E-state index in [1.807, 2.05) is 25.1 Å². The minimum atomic E-state index is -1.05. The highest BCUT2D eigenvalue weighted by molar-refractivity contribution is 5.72. The number of ether oxygens (including phenoxy) is 1. The number of rotatable bonds is 4. The quantitative estimate of drug-likeness (QED) is 0.664. The SMILES string of the molecule is Cc1ccc(-c2ccc(-c3ccc(O[C@H]4C[C@@H]5CCC[C@@H](N5)[C@H]4F)nn3)c(O)c2)o1. The number of piperidine rings is 2. The zero-order valence-corrected chi connectivity index (χ0v) is 16.7. The van der Waals surface area contributed by atoms with Crippen molar-refractivity contribution in [2.75, 3.05) is 0 Å². The topological polar surface area (TPSA) is 80.4 Å². The summed E-state index contributed by atoms with van der Waals surface area (Å²) in [5.74, 6) is 1.88. The van der Waals surface area contributed by atoms with E-state index in [9.17, 15) is 9.50 Å². The average Bonchev–Trinajstić information content (AvgIpc) is 3.19. The zero-order valence-electron chi connectivity index (χ0n) is 16.7. The summed E-state index contributed by atoms with van der Waals surface area (Å²) in [5.41, 5.74) is 1.85. The Bertz CT molecular complexity index is 1040. The van der Waals surface area contributed by atoms with Crippen LogP contribution in [0, 0.1) is 6.92 Å². The third kappa shape index (κ3) is 3.65. The number of hydrogen-bond donors (Lipinski definition) is 2. The van der Waals surface area contributed by atoms with Crippen LogP contribution >= 0.6 is 0 Å². The lowest BCUT2D eigenvalue weighted by atomic mass is 9.84. The molecule has 0 spiro atoms. The van der Waals surface area contributed by atoms with Gasteiger partial charge in [0, 0.05) is 35.7 Å². The van der Waals surface area contributed by atoms with E-state index in [1.165, 1.54) is 0 Å². The van der Waals surface area contributed by atoms with Gasteiger partial charge in [-0.3, -0.25) is 0 Å². The Hall–Kier alpha value is -2.93.